The van der Waals surface area contributed by atoms with Crippen molar-refractivity contribution in [2.75, 3.05) is 30.4 Å². The van der Waals surface area contributed by atoms with Crippen LogP contribution < -0.4 is 20.1 Å². The van der Waals surface area contributed by atoms with Crippen molar-refractivity contribution >= 4 is 33.2 Å². The predicted octanol–water partition coefficient (Wildman–Crippen LogP) is 3.83. The molecule has 2 aromatic carbocycles. The van der Waals surface area contributed by atoms with E-state index in [0.29, 0.717) is 30.4 Å². The van der Waals surface area contributed by atoms with Crippen molar-refractivity contribution in [3.05, 3.63) is 46.4 Å². The quantitative estimate of drug-likeness (QED) is 0.814. The number of fused-ring (bicyclic) bond motifs is 1. The lowest BCUT2D eigenvalue weighted by atomic mass is 10.1. The summed E-state index contributed by atoms with van der Waals surface area (Å²) < 4.78 is 11.8. The van der Waals surface area contributed by atoms with Gasteiger partial charge in [-0.1, -0.05) is 25.1 Å². The molecule has 0 unspecified atom stereocenters. The van der Waals surface area contributed by atoms with Gasteiger partial charge in [0.05, 0.1) is 12.2 Å². The Morgan fingerprint density at radius 1 is 1.12 bits per heavy atom. The first kappa shape index (κ1) is 16.6. The van der Waals surface area contributed by atoms with Crippen LogP contribution in [-0.2, 0) is 11.2 Å². The van der Waals surface area contributed by atoms with Crippen LogP contribution in [0.5, 0.6) is 11.5 Å². The van der Waals surface area contributed by atoms with Gasteiger partial charge < -0.3 is 20.1 Å². The van der Waals surface area contributed by atoms with Crippen molar-refractivity contribution in [2.45, 2.75) is 13.3 Å². The first-order valence-electron chi connectivity index (χ1n) is 7.88. The van der Waals surface area contributed by atoms with Gasteiger partial charge in [-0.15, -0.1) is 0 Å². The molecule has 6 heteroatoms. The van der Waals surface area contributed by atoms with Gasteiger partial charge in [0.2, 0.25) is 5.91 Å². The number of rotatable bonds is 5. The van der Waals surface area contributed by atoms with Gasteiger partial charge >= 0.3 is 0 Å². The summed E-state index contributed by atoms with van der Waals surface area (Å²) in [6.07, 6.45) is 0.915. The number of carbonyl (C=O) groups excluding carboxylic acids is 1. The summed E-state index contributed by atoms with van der Waals surface area (Å²) in [7, 11) is 0. The molecule has 2 aromatic rings. The summed E-state index contributed by atoms with van der Waals surface area (Å²) in [5.74, 6) is 1.20. The minimum atomic E-state index is -0.127. The lowest BCUT2D eigenvalue weighted by molar-refractivity contribution is -0.114. The summed E-state index contributed by atoms with van der Waals surface area (Å²) in [6, 6.07) is 11.6. The third kappa shape index (κ3) is 3.82. The molecule has 0 fully saturated rings. The smallest absolute Gasteiger partial charge is 0.243 e. The Hall–Kier alpha value is -2.21. The second-order valence-electron chi connectivity index (χ2n) is 5.39. The zero-order valence-electron chi connectivity index (χ0n) is 13.4. The van der Waals surface area contributed by atoms with Crippen molar-refractivity contribution in [3.8, 4) is 11.5 Å². The Kier molecular flexibility index (Phi) is 5.25. The fourth-order valence-corrected chi connectivity index (χ4v) is 2.95. The first-order chi connectivity index (χ1) is 11.7. The van der Waals surface area contributed by atoms with Gasteiger partial charge in [-0.05, 0) is 34.0 Å². The Balaban J connectivity index is 1.65. The van der Waals surface area contributed by atoms with Gasteiger partial charge in [0.1, 0.15) is 13.2 Å². The number of benzene rings is 2. The van der Waals surface area contributed by atoms with Crippen LogP contribution >= 0.6 is 15.9 Å². The second-order valence-corrected chi connectivity index (χ2v) is 6.24. The molecule has 24 heavy (non-hydrogen) atoms. The van der Waals surface area contributed by atoms with Crippen molar-refractivity contribution < 1.29 is 14.3 Å². The zero-order valence-corrected chi connectivity index (χ0v) is 15.0. The van der Waals surface area contributed by atoms with Crippen molar-refractivity contribution in [2.24, 2.45) is 0 Å². The highest BCUT2D eigenvalue weighted by atomic mass is 79.9. The number of anilines is 2. The topological polar surface area (TPSA) is 59.6 Å². The highest BCUT2D eigenvalue weighted by Crippen LogP contribution is 2.38. The van der Waals surface area contributed by atoms with Crippen molar-refractivity contribution in [3.63, 3.8) is 0 Å². The molecule has 2 N–H and O–H groups in total. The Bertz CT molecular complexity index is 749. The Morgan fingerprint density at radius 3 is 2.58 bits per heavy atom. The average Bonchev–Trinajstić information content (AvgIpc) is 2.61. The molecular weight excluding hydrogens is 372 g/mol. The molecule has 1 aliphatic rings. The van der Waals surface area contributed by atoms with Crippen LogP contribution in [0.2, 0.25) is 0 Å². The van der Waals surface area contributed by atoms with Crippen LogP contribution in [0.25, 0.3) is 0 Å². The Labute approximate surface area is 149 Å². The summed E-state index contributed by atoms with van der Waals surface area (Å²) in [4.78, 5) is 12.2. The number of hydrogen-bond donors (Lipinski definition) is 2. The molecule has 0 saturated heterocycles. The van der Waals surface area contributed by atoms with E-state index in [1.165, 1.54) is 5.56 Å². The van der Waals surface area contributed by atoms with Gasteiger partial charge in [0.15, 0.2) is 11.5 Å². The van der Waals surface area contributed by atoms with E-state index in [-0.39, 0.29) is 12.5 Å². The highest BCUT2D eigenvalue weighted by Gasteiger charge is 2.16. The standard InChI is InChI=1S/C18H19BrN2O3/c1-2-12-5-3-4-6-14(12)20-11-18(22)21-15-10-17-16(9-13(15)19)23-7-8-24-17/h3-6,9-10,20H,2,7-8,11H2,1H3,(H,21,22). The molecule has 1 aliphatic heterocycles. The lowest BCUT2D eigenvalue weighted by Gasteiger charge is -2.20. The first-order valence-corrected chi connectivity index (χ1v) is 8.67. The molecule has 0 atom stereocenters. The maximum atomic E-state index is 12.2. The van der Waals surface area contributed by atoms with Crippen LogP contribution in [0, 0.1) is 0 Å². The molecule has 1 heterocycles. The summed E-state index contributed by atoms with van der Waals surface area (Å²) in [5, 5.41) is 6.07. The van der Waals surface area contributed by atoms with E-state index in [0.717, 1.165) is 16.6 Å². The third-order valence-corrected chi connectivity index (χ3v) is 4.40. The van der Waals surface area contributed by atoms with Crippen LogP contribution in [0.3, 0.4) is 0 Å². The fraction of sp³-hybridized carbons (Fsp3) is 0.278. The van der Waals surface area contributed by atoms with Crippen LogP contribution in [0.1, 0.15) is 12.5 Å². The number of ether oxygens (including phenoxy) is 2. The van der Waals surface area contributed by atoms with Gasteiger partial charge in [0.25, 0.3) is 0 Å². The predicted molar refractivity (Wildman–Crippen MR) is 98.1 cm³/mol. The molecule has 0 aliphatic carbocycles. The number of amides is 1. The number of carbonyl (C=O) groups is 1. The van der Waals surface area contributed by atoms with Gasteiger partial charge in [-0.25, -0.2) is 0 Å². The number of aryl methyl sites for hydroxylation is 1. The molecule has 3 rings (SSSR count). The van der Waals surface area contributed by atoms with Crippen LogP contribution in [0.4, 0.5) is 11.4 Å². The number of nitrogens with one attached hydrogen (secondary N) is 2. The molecule has 0 saturated carbocycles. The maximum Gasteiger partial charge on any atom is 0.243 e. The van der Waals surface area contributed by atoms with E-state index in [1.54, 1.807) is 6.07 Å². The van der Waals surface area contributed by atoms with Gasteiger partial charge in [0, 0.05) is 22.3 Å². The molecule has 0 radical (unpaired) electrons. The monoisotopic (exact) mass is 390 g/mol. The average molecular weight is 391 g/mol. The van der Waals surface area contributed by atoms with Crippen molar-refractivity contribution in [1.82, 2.24) is 0 Å². The van der Waals surface area contributed by atoms with Crippen LogP contribution in [-0.4, -0.2) is 25.7 Å². The molecular formula is C18H19BrN2O3. The van der Waals surface area contributed by atoms with Crippen LogP contribution in [0.15, 0.2) is 40.9 Å². The van der Waals surface area contributed by atoms with E-state index < -0.39 is 0 Å². The molecule has 1 amide bonds. The minimum absolute atomic E-state index is 0.127. The van der Waals surface area contributed by atoms with E-state index in [9.17, 15) is 4.79 Å². The van der Waals surface area contributed by atoms with Gasteiger partial charge in [-0.3, -0.25) is 4.79 Å². The summed E-state index contributed by atoms with van der Waals surface area (Å²) in [5.41, 5.74) is 2.83. The van der Waals surface area contributed by atoms with E-state index >= 15 is 0 Å². The minimum Gasteiger partial charge on any atom is -0.486 e. The fourth-order valence-electron chi connectivity index (χ4n) is 2.53. The normalized spacial score (nSPS) is 12.6. The highest BCUT2D eigenvalue weighted by molar-refractivity contribution is 9.10. The molecule has 0 bridgehead atoms. The maximum absolute atomic E-state index is 12.2. The van der Waals surface area contributed by atoms with Gasteiger partial charge in [-0.2, -0.15) is 0 Å². The zero-order chi connectivity index (χ0) is 16.9. The number of para-hydroxylation sites is 1. The Morgan fingerprint density at radius 2 is 1.83 bits per heavy atom. The van der Waals surface area contributed by atoms with E-state index in [2.05, 4.69) is 39.6 Å². The largest absolute Gasteiger partial charge is 0.486 e. The van der Waals surface area contributed by atoms with E-state index in [4.69, 9.17) is 9.47 Å². The summed E-state index contributed by atoms with van der Waals surface area (Å²) in [6.45, 7) is 3.33. The lowest BCUT2D eigenvalue weighted by Crippen LogP contribution is -2.23. The number of halogens is 1. The number of hydrogen-bond acceptors (Lipinski definition) is 4. The second kappa shape index (κ2) is 7.57. The SMILES string of the molecule is CCc1ccccc1NCC(=O)Nc1cc2c(cc1Br)OCCO2. The molecule has 0 aromatic heterocycles. The van der Waals surface area contributed by atoms with E-state index in [1.807, 2.05) is 24.3 Å². The molecule has 5 nitrogen and oxygen atoms in total. The molecule has 126 valence electrons. The molecule has 0 spiro atoms. The summed E-state index contributed by atoms with van der Waals surface area (Å²) >= 11 is 3.45. The van der Waals surface area contributed by atoms with Crippen molar-refractivity contribution in [1.29, 1.82) is 0 Å². The third-order valence-electron chi connectivity index (χ3n) is 3.74.